The second-order valence-electron chi connectivity index (χ2n) is 9.50. The second-order valence-corrected chi connectivity index (χ2v) is 9.50. The Morgan fingerprint density at radius 3 is 2.52 bits per heavy atom. The molecular formula is C23H35ClN2O. The highest BCUT2D eigenvalue weighted by Gasteiger charge is 2.44. The summed E-state index contributed by atoms with van der Waals surface area (Å²) in [6.07, 6.45) is 9.27. The molecule has 27 heavy (non-hydrogen) atoms. The van der Waals surface area contributed by atoms with E-state index in [0.29, 0.717) is 23.8 Å². The maximum absolute atomic E-state index is 13.2. The molecule has 3 nitrogen and oxygen atoms in total. The zero-order chi connectivity index (χ0) is 18.1. The molecule has 1 aromatic carbocycles. The number of carbonyl (C=O) groups is 1. The number of fused-ring (bicyclic) bond motifs is 2. The van der Waals surface area contributed by atoms with Crippen molar-refractivity contribution in [3.05, 3.63) is 35.9 Å². The average molecular weight is 391 g/mol. The first kappa shape index (κ1) is 20.7. The molecule has 2 bridgehead atoms. The van der Waals surface area contributed by atoms with E-state index in [9.17, 15) is 4.79 Å². The zero-order valence-corrected chi connectivity index (χ0v) is 17.4. The lowest BCUT2D eigenvalue weighted by molar-refractivity contribution is -0.138. The van der Waals surface area contributed by atoms with Gasteiger partial charge in [-0.1, -0.05) is 43.7 Å². The van der Waals surface area contributed by atoms with Gasteiger partial charge < -0.3 is 10.6 Å². The van der Waals surface area contributed by atoms with Crippen molar-refractivity contribution in [1.82, 2.24) is 4.90 Å². The van der Waals surface area contributed by atoms with E-state index in [1.54, 1.807) is 0 Å². The third-order valence-electron chi connectivity index (χ3n) is 7.49. The smallest absolute Gasteiger partial charge is 0.225 e. The van der Waals surface area contributed by atoms with E-state index >= 15 is 0 Å². The van der Waals surface area contributed by atoms with Gasteiger partial charge in [-0.05, 0) is 67.8 Å². The number of aryl methyl sites for hydroxylation is 1. The summed E-state index contributed by atoms with van der Waals surface area (Å²) in [5.74, 6) is 1.84. The number of likely N-dealkylation sites (tertiary alicyclic amines) is 1. The third-order valence-corrected chi connectivity index (χ3v) is 7.49. The number of hydrogen-bond donors (Lipinski definition) is 1. The Morgan fingerprint density at radius 2 is 1.85 bits per heavy atom. The Bertz CT molecular complexity index is 623. The molecule has 4 rings (SSSR count). The fourth-order valence-corrected chi connectivity index (χ4v) is 5.76. The van der Waals surface area contributed by atoms with Gasteiger partial charge in [-0.3, -0.25) is 4.79 Å². The molecule has 1 saturated heterocycles. The molecule has 0 radical (unpaired) electrons. The van der Waals surface area contributed by atoms with Crippen molar-refractivity contribution in [2.45, 2.75) is 64.3 Å². The van der Waals surface area contributed by atoms with Crippen LogP contribution in [0.5, 0.6) is 0 Å². The number of rotatable bonds is 4. The molecule has 2 saturated carbocycles. The molecule has 150 valence electrons. The van der Waals surface area contributed by atoms with Crippen LogP contribution in [-0.2, 0) is 11.2 Å². The van der Waals surface area contributed by atoms with Crippen molar-refractivity contribution in [2.24, 2.45) is 28.9 Å². The molecule has 3 aliphatic rings. The Morgan fingerprint density at radius 1 is 1.19 bits per heavy atom. The van der Waals surface area contributed by atoms with Crippen LogP contribution in [0.1, 0.15) is 57.4 Å². The summed E-state index contributed by atoms with van der Waals surface area (Å²) in [7, 11) is 0. The van der Waals surface area contributed by atoms with E-state index in [2.05, 4.69) is 42.2 Å². The summed E-state index contributed by atoms with van der Waals surface area (Å²) in [4.78, 5) is 15.4. The first-order chi connectivity index (χ1) is 12.5. The number of carbonyl (C=O) groups excluding carboxylic acids is 1. The van der Waals surface area contributed by atoms with Gasteiger partial charge in [-0.15, -0.1) is 12.4 Å². The highest BCUT2D eigenvalue weighted by molar-refractivity contribution is 5.85. The molecule has 1 aromatic rings. The fraction of sp³-hybridized carbons (Fsp3) is 0.696. The minimum absolute atomic E-state index is 0. The van der Waals surface area contributed by atoms with Crippen LogP contribution in [0, 0.1) is 23.2 Å². The molecule has 0 aromatic heterocycles. The van der Waals surface area contributed by atoms with Crippen molar-refractivity contribution < 1.29 is 4.79 Å². The number of nitrogens with zero attached hydrogens (tertiary/aromatic N) is 1. The van der Waals surface area contributed by atoms with Gasteiger partial charge in [0.2, 0.25) is 5.91 Å². The highest BCUT2D eigenvalue weighted by atomic mass is 35.5. The molecule has 2 aliphatic carbocycles. The highest BCUT2D eigenvalue weighted by Crippen LogP contribution is 2.43. The molecule has 3 fully saturated rings. The van der Waals surface area contributed by atoms with Gasteiger partial charge in [0, 0.05) is 25.0 Å². The summed E-state index contributed by atoms with van der Waals surface area (Å²) in [6.45, 7) is 4.26. The first-order valence-electron chi connectivity index (χ1n) is 10.6. The lowest BCUT2D eigenvalue weighted by atomic mass is 9.65. The predicted octanol–water partition coefficient (Wildman–Crippen LogP) is 4.43. The fourth-order valence-electron chi connectivity index (χ4n) is 5.76. The Kier molecular flexibility index (Phi) is 6.53. The lowest BCUT2D eigenvalue weighted by Gasteiger charge is -2.44. The van der Waals surface area contributed by atoms with Crippen molar-refractivity contribution >= 4 is 18.3 Å². The van der Waals surface area contributed by atoms with Crippen molar-refractivity contribution in [2.75, 3.05) is 13.1 Å². The number of benzene rings is 1. The number of halogens is 1. The van der Waals surface area contributed by atoms with Crippen LogP contribution >= 0.6 is 12.4 Å². The van der Waals surface area contributed by atoms with Gasteiger partial charge in [0.15, 0.2) is 0 Å². The third kappa shape index (κ3) is 4.51. The standard InChI is InChI=1S/C23H34N2O.ClH/c1-23(11-10-17-6-3-2-4-7-17)12-13-25(16-23)22(26)20-14-18-8-5-9-19(15-20)21(18)24;/h2-4,6-7,18-21H,5,8-16,24H2,1H3;1H. The molecule has 1 heterocycles. The lowest BCUT2D eigenvalue weighted by Crippen LogP contribution is -2.49. The second kappa shape index (κ2) is 8.53. The molecular weight excluding hydrogens is 356 g/mol. The van der Waals surface area contributed by atoms with E-state index < -0.39 is 0 Å². The minimum atomic E-state index is 0. The van der Waals surface area contributed by atoms with Gasteiger partial charge in [-0.25, -0.2) is 0 Å². The molecule has 3 atom stereocenters. The molecule has 0 spiro atoms. The molecule has 3 unspecified atom stereocenters. The van der Waals surface area contributed by atoms with Gasteiger partial charge in [0.25, 0.3) is 0 Å². The maximum atomic E-state index is 13.2. The summed E-state index contributed by atoms with van der Waals surface area (Å²) >= 11 is 0. The van der Waals surface area contributed by atoms with Crippen molar-refractivity contribution in [3.8, 4) is 0 Å². The number of hydrogen-bond acceptors (Lipinski definition) is 2. The van der Waals surface area contributed by atoms with E-state index in [-0.39, 0.29) is 23.7 Å². The molecule has 2 N–H and O–H groups in total. The van der Waals surface area contributed by atoms with Crippen LogP contribution in [-0.4, -0.2) is 29.9 Å². The van der Waals surface area contributed by atoms with Gasteiger partial charge in [0.1, 0.15) is 0 Å². The molecule has 1 amide bonds. The minimum Gasteiger partial charge on any atom is -0.342 e. The van der Waals surface area contributed by atoms with E-state index in [1.165, 1.54) is 31.2 Å². The van der Waals surface area contributed by atoms with Gasteiger partial charge in [0.05, 0.1) is 0 Å². The van der Waals surface area contributed by atoms with E-state index in [4.69, 9.17) is 5.73 Å². The largest absolute Gasteiger partial charge is 0.342 e. The van der Waals surface area contributed by atoms with E-state index in [0.717, 1.165) is 38.8 Å². The molecule has 4 heteroatoms. The van der Waals surface area contributed by atoms with Crippen LogP contribution in [0.3, 0.4) is 0 Å². The summed E-state index contributed by atoms with van der Waals surface area (Å²) < 4.78 is 0. The number of nitrogens with two attached hydrogens (primary N) is 1. The van der Waals surface area contributed by atoms with Crippen LogP contribution in [0.2, 0.25) is 0 Å². The quantitative estimate of drug-likeness (QED) is 0.826. The Hall–Kier alpha value is -1.06. The number of amides is 1. The van der Waals surface area contributed by atoms with Crippen LogP contribution in [0.15, 0.2) is 30.3 Å². The average Bonchev–Trinajstić information content (AvgIpc) is 3.03. The van der Waals surface area contributed by atoms with Crippen LogP contribution in [0.25, 0.3) is 0 Å². The van der Waals surface area contributed by atoms with E-state index in [1.807, 2.05) is 0 Å². The summed E-state index contributed by atoms with van der Waals surface area (Å²) in [6, 6.07) is 11.1. The summed E-state index contributed by atoms with van der Waals surface area (Å²) in [5.41, 5.74) is 8.09. The topological polar surface area (TPSA) is 46.3 Å². The van der Waals surface area contributed by atoms with Gasteiger partial charge in [-0.2, -0.15) is 0 Å². The molecule has 1 aliphatic heterocycles. The Balaban J connectivity index is 0.00000210. The predicted molar refractivity (Wildman–Crippen MR) is 113 cm³/mol. The van der Waals surface area contributed by atoms with Crippen molar-refractivity contribution in [1.29, 1.82) is 0 Å². The monoisotopic (exact) mass is 390 g/mol. The summed E-state index contributed by atoms with van der Waals surface area (Å²) in [5, 5.41) is 0. The van der Waals surface area contributed by atoms with Gasteiger partial charge >= 0.3 is 0 Å². The van der Waals surface area contributed by atoms with Crippen LogP contribution < -0.4 is 5.73 Å². The Labute approximate surface area is 170 Å². The normalized spacial score (nSPS) is 35.6. The van der Waals surface area contributed by atoms with Crippen LogP contribution in [0.4, 0.5) is 0 Å². The SMILES string of the molecule is CC1(CCc2ccccc2)CCN(C(=O)C2CC3CCCC(C2)C3N)C1.Cl. The van der Waals surface area contributed by atoms with Crippen molar-refractivity contribution in [3.63, 3.8) is 0 Å². The first-order valence-corrected chi connectivity index (χ1v) is 10.6. The maximum Gasteiger partial charge on any atom is 0.225 e. The zero-order valence-electron chi connectivity index (χ0n) is 16.6.